The molecular weight excluding hydrogens is 366 g/mol. The van der Waals surface area contributed by atoms with Crippen LogP contribution in [0, 0.1) is 0 Å². The predicted octanol–water partition coefficient (Wildman–Crippen LogP) is 3.14. The van der Waals surface area contributed by atoms with Gasteiger partial charge < -0.3 is 9.32 Å². The normalized spacial score (nSPS) is 13.2. The molecule has 4 rings (SSSR count). The maximum absolute atomic E-state index is 12.3. The molecule has 0 radical (unpaired) electrons. The molecule has 2 aromatic carbocycles. The molecule has 1 aliphatic rings. The molecule has 0 saturated carbocycles. The number of para-hydroxylation sites is 1. The van der Waals surface area contributed by atoms with Crippen LogP contribution in [0.5, 0.6) is 0 Å². The lowest BCUT2D eigenvalue weighted by Crippen LogP contribution is -2.47. The van der Waals surface area contributed by atoms with Crippen molar-refractivity contribution in [1.29, 1.82) is 0 Å². The minimum absolute atomic E-state index is 0.144. The van der Waals surface area contributed by atoms with E-state index in [0.29, 0.717) is 0 Å². The average molecular weight is 391 g/mol. The van der Waals surface area contributed by atoms with Crippen LogP contribution < -0.4 is 15.8 Å². The van der Waals surface area contributed by atoms with Crippen molar-refractivity contribution in [1.82, 2.24) is 10.9 Å². The molecule has 1 aromatic heterocycles. The molecule has 6 heteroatoms. The van der Waals surface area contributed by atoms with Gasteiger partial charge in [-0.3, -0.25) is 20.4 Å². The Morgan fingerprint density at radius 1 is 1.10 bits per heavy atom. The third-order valence-electron chi connectivity index (χ3n) is 5.36. The summed E-state index contributed by atoms with van der Waals surface area (Å²) in [5.74, 6) is -0.514. The molecule has 0 bridgehead atoms. The van der Waals surface area contributed by atoms with E-state index in [1.54, 1.807) is 6.26 Å². The number of aryl methyl sites for hydroxylation is 2. The number of benzene rings is 2. The van der Waals surface area contributed by atoms with Gasteiger partial charge in [0.25, 0.3) is 5.91 Å². The molecule has 0 aliphatic carbocycles. The predicted molar refractivity (Wildman–Crippen MR) is 113 cm³/mol. The van der Waals surface area contributed by atoms with E-state index in [-0.39, 0.29) is 24.8 Å². The van der Waals surface area contributed by atoms with Crippen LogP contribution in [-0.2, 0) is 28.9 Å². The SMILES string of the molecule is CCc1ccc2c(CC(=O)NNC(=O)CN3CCCc4ccccc43)coc2c1. The highest BCUT2D eigenvalue weighted by Crippen LogP contribution is 2.26. The summed E-state index contributed by atoms with van der Waals surface area (Å²) in [6.45, 7) is 3.13. The first-order chi connectivity index (χ1) is 14.1. The monoisotopic (exact) mass is 391 g/mol. The van der Waals surface area contributed by atoms with E-state index in [2.05, 4.69) is 28.7 Å². The Morgan fingerprint density at radius 3 is 2.79 bits per heavy atom. The van der Waals surface area contributed by atoms with Gasteiger partial charge in [0.15, 0.2) is 0 Å². The third-order valence-corrected chi connectivity index (χ3v) is 5.36. The Labute approximate surface area is 169 Å². The molecule has 6 nitrogen and oxygen atoms in total. The van der Waals surface area contributed by atoms with Gasteiger partial charge in [0.1, 0.15) is 5.58 Å². The fourth-order valence-corrected chi connectivity index (χ4v) is 3.83. The molecule has 29 heavy (non-hydrogen) atoms. The quantitative estimate of drug-likeness (QED) is 0.656. The van der Waals surface area contributed by atoms with Crippen LogP contribution in [0.25, 0.3) is 11.0 Å². The van der Waals surface area contributed by atoms with Gasteiger partial charge >= 0.3 is 0 Å². The number of nitrogens with one attached hydrogen (secondary N) is 2. The van der Waals surface area contributed by atoms with Crippen molar-refractivity contribution in [2.45, 2.75) is 32.6 Å². The van der Waals surface area contributed by atoms with Gasteiger partial charge in [-0.15, -0.1) is 0 Å². The number of nitrogens with zero attached hydrogens (tertiary/aromatic N) is 1. The van der Waals surface area contributed by atoms with Crippen molar-refractivity contribution in [3.05, 3.63) is 65.4 Å². The highest BCUT2D eigenvalue weighted by molar-refractivity contribution is 5.89. The van der Waals surface area contributed by atoms with Crippen molar-refractivity contribution in [2.24, 2.45) is 0 Å². The number of amides is 2. The number of carbonyl (C=O) groups excluding carboxylic acids is 2. The number of anilines is 1. The first-order valence-corrected chi connectivity index (χ1v) is 10.0. The summed E-state index contributed by atoms with van der Waals surface area (Å²) in [6, 6.07) is 14.1. The Hall–Kier alpha value is -3.28. The van der Waals surface area contributed by atoms with Gasteiger partial charge in [-0.05, 0) is 42.5 Å². The lowest BCUT2D eigenvalue weighted by Gasteiger charge is -2.30. The van der Waals surface area contributed by atoms with Gasteiger partial charge in [-0.2, -0.15) is 0 Å². The summed E-state index contributed by atoms with van der Waals surface area (Å²) in [5, 5.41) is 0.925. The lowest BCUT2D eigenvalue weighted by atomic mass is 10.0. The highest BCUT2D eigenvalue weighted by atomic mass is 16.3. The first kappa shape index (κ1) is 19.1. The van der Waals surface area contributed by atoms with Crippen molar-refractivity contribution in [2.75, 3.05) is 18.0 Å². The second-order valence-electron chi connectivity index (χ2n) is 7.37. The van der Waals surface area contributed by atoms with Crippen LogP contribution in [0.2, 0.25) is 0 Å². The number of hydrogen-bond acceptors (Lipinski definition) is 4. The summed E-state index contributed by atoms with van der Waals surface area (Å²) in [4.78, 5) is 26.7. The zero-order valence-corrected chi connectivity index (χ0v) is 16.5. The van der Waals surface area contributed by atoms with Crippen molar-refractivity contribution in [3.63, 3.8) is 0 Å². The molecule has 2 amide bonds. The van der Waals surface area contributed by atoms with Gasteiger partial charge in [0.2, 0.25) is 5.91 Å². The average Bonchev–Trinajstić information content (AvgIpc) is 3.14. The molecule has 150 valence electrons. The summed E-state index contributed by atoms with van der Waals surface area (Å²) < 4.78 is 5.58. The van der Waals surface area contributed by atoms with E-state index < -0.39 is 0 Å². The number of fused-ring (bicyclic) bond motifs is 2. The molecular formula is C23H25N3O3. The van der Waals surface area contributed by atoms with Crippen LogP contribution in [0.15, 0.2) is 53.1 Å². The van der Waals surface area contributed by atoms with Crippen LogP contribution >= 0.6 is 0 Å². The summed E-state index contributed by atoms with van der Waals surface area (Å²) >= 11 is 0. The number of furan rings is 1. The molecule has 3 aromatic rings. The van der Waals surface area contributed by atoms with E-state index in [9.17, 15) is 9.59 Å². The minimum Gasteiger partial charge on any atom is -0.464 e. The topological polar surface area (TPSA) is 74.6 Å². The zero-order chi connectivity index (χ0) is 20.2. The van der Waals surface area contributed by atoms with Gasteiger partial charge in [0, 0.05) is 23.2 Å². The van der Waals surface area contributed by atoms with Crippen LogP contribution in [0.4, 0.5) is 5.69 Å². The van der Waals surface area contributed by atoms with Crippen LogP contribution in [-0.4, -0.2) is 24.9 Å². The minimum atomic E-state index is -0.278. The largest absolute Gasteiger partial charge is 0.464 e. The maximum Gasteiger partial charge on any atom is 0.257 e. The van der Waals surface area contributed by atoms with Gasteiger partial charge in [-0.25, -0.2) is 0 Å². The molecule has 1 aliphatic heterocycles. The van der Waals surface area contributed by atoms with Crippen LogP contribution in [0.1, 0.15) is 30.0 Å². The summed E-state index contributed by atoms with van der Waals surface area (Å²) in [6.07, 6.45) is 4.73. The molecule has 0 spiro atoms. The van der Waals surface area contributed by atoms with E-state index in [4.69, 9.17) is 4.42 Å². The molecule has 0 fully saturated rings. The molecule has 0 saturated heterocycles. The number of hydrogen-bond donors (Lipinski definition) is 2. The van der Waals surface area contributed by atoms with Crippen LogP contribution in [0.3, 0.4) is 0 Å². The summed E-state index contributed by atoms with van der Waals surface area (Å²) in [7, 11) is 0. The standard InChI is InChI=1S/C23H25N3O3/c1-2-16-9-10-19-18(15-29-21(19)12-16)13-22(27)24-25-23(28)14-26-11-5-7-17-6-3-4-8-20(17)26/h3-4,6,8-10,12,15H,2,5,7,11,13-14H2,1H3,(H,24,27)(H,25,28). The number of carbonyl (C=O) groups is 2. The molecule has 2 N–H and O–H groups in total. The smallest absolute Gasteiger partial charge is 0.257 e. The lowest BCUT2D eigenvalue weighted by molar-refractivity contribution is -0.127. The van der Waals surface area contributed by atoms with Gasteiger partial charge in [-0.1, -0.05) is 37.3 Å². The van der Waals surface area contributed by atoms with E-state index in [1.165, 1.54) is 11.1 Å². The van der Waals surface area contributed by atoms with Crippen molar-refractivity contribution >= 4 is 28.5 Å². The Kier molecular flexibility index (Phi) is 5.51. The van der Waals surface area contributed by atoms with Crippen molar-refractivity contribution in [3.8, 4) is 0 Å². The molecule has 0 unspecified atom stereocenters. The maximum atomic E-state index is 12.3. The Balaban J connectivity index is 1.32. The molecule has 2 heterocycles. The fraction of sp³-hybridized carbons (Fsp3) is 0.304. The van der Waals surface area contributed by atoms with Gasteiger partial charge in [0.05, 0.1) is 19.2 Å². The van der Waals surface area contributed by atoms with E-state index >= 15 is 0 Å². The first-order valence-electron chi connectivity index (χ1n) is 10.0. The number of hydrazine groups is 1. The number of rotatable bonds is 5. The highest BCUT2D eigenvalue weighted by Gasteiger charge is 2.19. The van der Waals surface area contributed by atoms with E-state index in [0.717, 1.165) is 48.0 Å². The molecule has 0 atom stereocenters. The van der Waals surface area contributed by atoms with E-state index in [1.807, 2.05) is 36.4 Å². The Morgan fingerprint density at radius 2 is 1.93 bits per heavy atom. The van der Waals surface area contributed by atoms with Crippen molar-refractivity contribution < 1.29 is 14.0 Å². The Bertz CT molecular complexity index is 1040. The second-order valence-corrected chi connectivity index (χ2v) is 7.37. The fourth-order valence-electron chi connectivity index (χ4n) is 3.83. The summed E-state index contributed by atoms with van der Waals surface area (Å²) in [5.41, 5.74) is 10.2. The second kappa shape index (κ2) is 8.39. The zero-order valence-electron chi connectivity index (χ0n) is 16.5. The third kappa shape index (κ3) is 4.26.